The van der Waals surface area contributed by atoms with Crippen molar-refractivity contribution < 1.29 is 38.1 Å². The second-order valence-corrected chi connectivity index (χ2v) is 9.41. The Hall–Kier alpha value is -4.24. The Kier molecular flexibility index (Phi) is 6.86. The summed E-state index contributed by atoms with van der Waals surface area (Å²) in [6.07, 6.45) is 0. The Bertz CT molecular complexity index is 1390. The molecule has 4 atom stereocenters. The molecule has 1 amide bonds. The Morgan fingerprint density at radius 3 is 2.39 bits per heavy atom. The maximum Gasteiger partial charge on any atom is 0.327 e. The van der Waals surface area contributed by atoms with Crippen molar-refractivity contribution in [3.8, 4) is 11.5 Å². The van der Waals surface area contributed by atoms with Crippen molar-refractivity contribution >= 4 is 17.7 Å². The van der Waals surface area contributed by atoms with Crippen LogP contribution < -0.4 is 9.47 Å². The van der Waals surface area contributed by atoms with Crippen LogP contribution >= 0.6 is 0 Å². The number of hydrogen-bond donors (Lipinski definition) is 1. The highest BCUT2D eigenvalue weighted by Gasteiger charge is 2.57. The number of hydrogen-bond acceptors (Lipinski definition) is 6. The van der Waals surface area contributed by atoms with E-state index in [1.165, 1.54) is 36.3 Å². The standard InChI is InChI=1S/C29H26FNO7/c1-16-4-3-5-19(12-16)28(33)25-24(17-6-9-20(30)10-7-17)27(29(34)35)31(23(32)14-36-2)26(25)18-8-11-21-22(13-18)38-15-37-21/h3-13,24-27H,14-15H2,1-2H3,(H,34,35). The van der Waals surface area contributed by atoms with Crippen LogP contribution in [0.5, 0.6) is 11.5 Å². The van der Waals surface area contributed by atoms with E-state index in [2.05, 4.69) is 0 Å². The summed E-state index contributed by atoms with van der Waals surface area (Å²) in [6, 6.07) is 15.0. The maximum absolute atomic E-state index is 14.3. The minimum atomic E-state index is -1.42. The van der Waals surface area contributed by atoms with Crippen LogP contribution in [0.2, 0.25) is 0 Å². The van der Waals surface area contributed by atoms with E-state index in [-0.39, 0.29) is 19.2 Å². The molecule has 5 rings (SSSR count). The van der Waals surface area contributed by atoms with Crippen LogP contribution in [0.4, 0.5) is 4.39 Å². The van der Waals surface area contributed by atoms with Gasteiger partial charge < -0.3 is 24.2 Å². The number of Topliss-reactive ketones (excluding diaryl/α,β-unsaturated/α-hetero) is 1. The molecule has 0 radical (unpaired) electrons. The van der Waals surface area contributed by atoms with Gasteiger partial charge in [0.2, 0.25) is 12.7 Å². The van der Waals surface area contributed by atoms with Gasteiger partial charge in [-0.1, -0.05) is 42.0 Å². The Morgan fingerprint density at radius 2 is 1.71 bits per heavy atom. The summed E-state index contributed by atoms with van der Waals surface area (Å²) in [5.41, 5.74) is 2.19. The lowest BCUT2D eigenvalue weighted by atomic mass is 9.76. The third-order valence-electron chi connectivity index (χ3n) is 7.07. The quantitative estimate of drug-likeness (QED) is 0.469. The van der Waals surface area contributed by atoms with E-state index in [0.717, 1.165) is 5.56 Å². The van der Waals surface area contributed by atoms with Gasteiger partial charge in [-0.15, -0.1) is 0 Å². The van der Waals surface area contributed by atoms with Crippen molar-refractivity contribution in [3.05, 3.63) is 94.8 Å². The predicted octanol–water partition coefficient (Wildman–Crippen LogP) is 4.13. The number of nitrogens with zero attached hydrogens (tertiary/aromatic N) is 1. The SMILES string of the molecule is COCC(=O)N1C(C(=O)O)C(c2ccc(F)cc2)C(C(=O)c2cccc(C)c2)C1c1ccc2c(c1)OCO2. The molecule has 8 nitrogen and oxygen atoms in total. The third-order valence-corrected chi connectivity index (χ3v) is 7.07. The fourth-order valence-corrected chi connectivity index (χ4v) is 5.53. The zero-order chi connectivity index (χ0) is 27.0. The Balaban J connectivity index is 1.75. The highest BCUT2D eigenvalue weighted by molar-refractivity contribution is 6.01. The number of halogens is 1. The van der Waals surface area contributed by atoms with Gasteiger partial charge in [0.05, 0.1) is 12.0 Å². The van der Waals surface area contributed by atoms with Crippen molar-refractivity contribution in [2.75, 3.05) is 20.5 Å². The number of carbonyl (C=O) groups excluding carboxylic acids is 2. The van der Waals surface area contributed by atoms with Crippen LogP contribution in [-0.4, -0.2) is 54.2 Å². The second-order valence-electron chi connectivity index (χ2n) is 9.41. The second kappa shape index (κ2) is 10.3. The molecular formula is C29H26FNO7. The number of ketones is 1. The molecule has 1 fully saturated rings. The van der Waals surface area contributed by atoms with Gasteiger partial charge in [0.25, 0.3) is 0 Å². The minimum Gasteiger partial charge on any atom is -0.480 e. The summed E-state index contributed by atoms with van der Waals surface area (Å²) in [4.78, 5) is 41.8. The van der Waals surface area contributed by atoms with Crippen LogP contribution in [0.15, 0.2) is 66.7 Å². The topological polar surface area (TPSA) is 102 Å². The van der Waals surface area contributed by atoms with E-state index in [9.17, 15) is 23.9 Å². The molecule has 2 aliphatic rings. The van der Waals surface area contributed by atoms with Crippen LogP contribution in [0.3, 0.4) is 0 Å². The zero-order valence-electron chi connectivity index (χ0n) is 20.8. The lowest BCUT2D eigenvalue weighted by Gasteiger charge is -2.30. The van der Waals surface area contributed by atoms with Crippen molar-refractivity contribution in [1.29, 1.82) is 0 Å². The van der Waals surface area contributed by atoms with Gasteiger partial charge in [0, 0.05) is 18.6 Å². The smallest absolute Gasteiger partial charge is 0.327 e. The molecule has 0 spiro atoms. The van der Waals surface area contributed by atoms with Gasteiger partial charge in [0.1, 0.15) is 18.5 Å². The van der Waals surface area contributed by atoms with Crippen molar-refractivity contribution in [2.24, 2.45) is 5.92 Å². The molecule has 0 saturated carbocycles. The van der Waals surface area contributed by atoms with Crippen LogP contribution in [-0.2, 0) is 14.3 Å². The fourth-order valence-electron chi connectivity index (χ4n) is 5.53. The number of aliphatic carboxylic acids is 1. The van der Waals surface area contributed by atoms with Crippen molar-refractivity contribution in [3.63, 3.8) is 0 Å². The van der Waals surface area contributed by atoms with Gasteiger partial charge in [0.15, 0.2) is 17.3 Å². The molecule has 0 aromatic heterocycles. The zero-order valence-corrected chi connectivity index (χ0v) is 20.8. The lowest BCUT2D eigenvalue weighted by Crippen LogP contribution is -2.45. The first-order chi connectivity index (χ1) is 18.3. The number of fused-ring (bicyclic) bond motifs is 1. The lowest BCUT2D eigenvalue weighted by molar-refractivity contribution is -0.151. The molecule has 9 heteroatoms. The highest BCUT2D eigenvalue weighted by atomic mass is 19.1. The van der Waals surface area contributed by atoms with Gasteiger partial charge in [-0.3, -0.25) is 9.59 Å². The number of likely N-dealkylation sites (tertiary alicyclic amines) is 1. The van der Waals surface area contributed by atoms with Gasteiger partial charge in [-0.05, 0) is 48.4 Å². The molecule has 1 saturated heterocycles. The summed E-state index contributed by atoms with van der Waals surface area (Å²) in [6.45, 7) is 1.50. The average molecular weight is 520 g/mol. The van der Waals surface area contributed by atoms with Crippen LogP contribution in [0.25, 0.3) is 0 Å². The summed E-state index contributed by atoms with van der Waals surface area (Å²) >= 11 is 0. The maximum atomic E-state index is 14.3. The van der Waals surface area contributed by atoms with Gasteiger partial charge in [-0.2, -0.15) is 0 Å². The average Bonchev–Trinajstić information content (AvgIpc) is 3.51. The number of methoxy groups -OCH3 is 1. The molecule has 3 aromatic rings. The molecule has 4 unspecified atom stereocenters. The van der Waals surface area contributed by atoms with E-state index in [4.69, 9.17) is 14.2 Å². The molecule has 38 heavy (non-hydrogen) atoms. The van der Waals surface area contributed by atoms with Crippen molar-refractivity contribution in [1.82, 2.24) is 4.90 Å². The van der Waals surface area contributed by atoms with Crippen LogP contribution in [0.1, 0.15) is 39.0 Å². The molecule has 3 aromatic carbocycles. The fraction of sp³-hybridized carbons (Fsp3) is 0.276. The first-order valence-corrected chi connectivity index (χ1v) is 12.1. The monoisotopic (exact) mass is 519 g/mol. The third kappa shape index (κ3) is 4.50. The predicted molar refractivity (Wildman–Crippen MR) is 134 cm³/mol. The van der Waals surface area contributed by atoms with Crippen molar-refractivity contribution in [2.45, 2.75) is 24.9 Å². The number of benzene rings is 3. The first-order valence-electron chi connectivity index (χ1n) is 12.1. The molecule has 196 valence electrons. The molecule has 0 bridgehead atoms. The van der Waals surface area contributed by atoms with E-state index in [1.807, 2.05) is 13.0 Å². The van der Waals surface area contributed by atoms with E-state index in [0.29, 0.717) is 28.2 Å². The largest absolute Gasteiger partial charge is 0.480 e. The summed E-state index contributed by atoms with van der Waals surface area (Å²) in [7, 11) is 1.34. The number of carboxylic acid groups (broad SMARTS) is 1. The summed E-state index contributed by atoms with van der Waals surface area (Å²) in [5, 5.41) is 10.5. The molecule has 1 N–H and O–H groups in total. The summed E-state index contributed by atoms with van der Waals surface area (Å²) in [5.74, 6) is -3.75. The van der Waals surface area contributed by atoms with E-state index >= 15 is 0 Å². The Morgan fingerprint density at radius 1 is 1.00 bits per heavy atom. The normalized spacial score (nSPS) is 21.9. The van der Waals surface area contributed by atoms with E-state index < -0.39 is 41.6 Å². The molecule has 2 aliphatic heterocycles. The van der Waals surface area contributed by atoms with Gasteiger partial charge >= 0.3 is 5.97 Å². The number of amides is 1. The number of aryl methyl sites for hydroxylation is 1. The molecular weight excluding hydrogens is 493 g/mol. The Labute approximate surface area is 218 Å². The van der Waals surface area contributed by atoms with E-state index in [1.54, 1.807) is 36.4 Å². The number of carboxylic acids is 1. The van der Waals surface area contributed by atoms with Gasteiger partial charge in [-0.25, -0.2) is 9.18 Å². The first kappa shape index (κ1) is 25.4. The van der Waals surface area contributed by atoms with Crippen LogP contribution in [0, 0.1) is 18.7 Å². The number of ether oxygens (including phenoxy) is 3. The highest BCUT2D eigenvalue weighted by Crippen LogP contribution is 2.52. The summed E-state index contributed by atoms with van der Waals surface area (Å²) < 4.78 is 29.9. The molecule has 2 heterocycles. The number of rotatable bonds is 7. The molecule has 0 aliphatic carbocycles. The number of carbonyl (C=O) groups is 3. The minimum absolute atomic E-state index is 0.0252.